The summed E-state index contributed by atoms with van der Waals surface area (Å²) in [6, 6.07) is 7.11. The maximum atomic E-state index is 5.82. The van der Waals surface area contributed by atoms with Crippen LogP contribution < -0.4 is 5.73 Å². The standard InChI is InChI=1S/C12H8ClN5O/c13-8-3-1-7(2-4-8)11-17-12(19-18-11)9-10(14)16-6-5-15-9/h1-6H,(H2,14,16). The van der Waals surface area contributed by atoms with Crippen LogP contribution >= 0.6 is 11.6 Å². The zero-order valence-corrected chi connectivity index (χ0v) is 10.4. The van der Waals surface area contributed by atoms with Crippen LogP contribution in [0.3, 0.4) is 0 Å². The van der Waals surface area contributed by atoms with Crippen molar-refractivity contribution in [2.75, 3.05) is 5.73 Å². The summed E-state index contributed by atoms with van der Waals surface area (Å²) in [6.45, 7) is 0. The number of nitrogens with zero attached hydrogens (tertiary/aromatic N) is 4. The minimum atomic E-state index is 0.232. The molecule has 3 rings (SSSR count). The fraction of sp³-hybridized carbons (Fsp3) is 0. The van der Waals surface area contributed by atoms with Crippen LogP contribution in [0.2, 0.25) is 5.02 Å². The largest absolute Gasteiger partial charge is 0.382 e. The van der Waals surface area contributed by atoms with E-state index in [9.17, 15) is 0 Å². The number of nitrogen functional groups attached to an aromatic ring is 1. The van der Waals surface area contributed by atoms with Crippen molar-refractivity contribution in [3.8, 4) is 23.0 Å². The van der Waals surface area contributed by atoms with Gasteiger partial charge in [-0.1, -0.05) is 16.8 Å². The number of benzene rings is 1. The lowest BCUT2D eigenvalue weighted by Crippen LogP contribution is -1.96. The number of hydrogen-bond donors (Lipinski definition) is 1. The quantitative estimate of drug-likeness (QED) is 0.771. The van der Waals surface area contributed by atoms with Crippen molar-refractivity contribution in [3.05, 3.63) is 41.7 Å². The molecule has 0 radical (unpaired) electrons. The summed E-state index contributed by atoms with van der Waals surface area (Å²) in [5, 5.41) is 4.53. The number of halogens is 1. The Labute approximate surface area is 113 Å². The van der Waals surface area contributed by atoms with Gasteiger partial charge in [-0.05, 0) is 24.3 Å². The van der Waals surface area contributed by atoms with Crippen LogP contribution in [0.5, 0.6) is 0 Å². The molecule has 2 aromatic heterocycles. The van der Waals surface area contributed by atoms with Crippen LogP contribution in [0.15, 0.2) is 41.2 Å². The average molecular weight is 274 g/mol. The fourth-order valence-corrected chi connectivity index (χ4v) is 1.68. The van der Waals surface area contributed by atoms with Crippen molar-refractivity contribution in [1.82, 2.24) is 20.1 Å². The molecule has 0 amide bonds. The Hall–Kier alpha value is -2.47. The molecule has 0 unspecified atom stereocenters. The second kappa shape index (κ2) is 4.66. The molecule has 3 aromatic rings. The van der Waals surface area contributed by atoms with Crippen LogP contribution in [0.1, 0.15) is 0 Å². The summed E-state index contributed by atoms with van der Waals surface area (Å²) in [5.41, 5.74) is 6.87. The van der Waals surface area contributed by atoms with Crippen molar-refractivity contribution in [2.45, 2.75) is 0 Å². The van der Waals surface area contributed by atoms with Crippen molar-refractivity contribution < 1.29 is 4.52 Å². The first-order chi connectivity index (χ1) is 9.24. The molecule has 0 aliphatic rings. The van der Waals surface area contributed by atoms with Crippen LogP contribution in [-0.4, -0.2) is 20.1 Å². The van der Waals surface area contributed by atoms with E-state index in [0.29, 0.717) is 16.5 Å². The van der Waals surface area contributed by atoms with Crippen molar-refractivity contribution >= 4 is 17.4 Å². The van der Waals surface area contributed by atoms with E-state index in [0.717, 1.165) is 5.56 Å². The van der Waals surface area contributed by atoms with Gasteiger partial charge in [0.25, 0.3) is 5.89 Å². The van der Waals surface area contributed by atoms with Crippen LogP contribution in [0.25, 0.3) is 23.0 Å². The van der Waals surface area contributed by atoms with Gasteiger partial charge in [-0.3, -0.25) is 0 Å². The molecule has 7 heteroatoms. The average Bonchev–Trinajstić information content (AvgIpc) is 2.89. The lowest BCUT2D eigenvalue weighted by molar-refractivity contribution is 0.431. The van der Waals surface area contributed by atoms with Gasteiger partial charge >= 0.3 is 0 Å². The Kier molecular flexibility index (Phi) is 2.85. The van der Waals surface area contributed by atoms with E-state index in [4.69, 9.17) is 21.9 Å². The third-order valence-corrected chi connectivity index (χ3v) is 2.71. The van der Waals surface area contributed by atoms with Crippen molar-refractivity contribution in [3.63, 3.8) is 0 Å². The summed E-state index contributed by atoms with van der Waals surface area (Å²) in [7, 11) is 0. The third-order valence-electron chi connectivity index (χ3n) is 2.46. The maximum absolute atomic E-state index is 5.82. The molecule has 0 atom stereocenters. The summed E-state index contributed by atoms with van der Waals surface area (Å²) < 4.78 is 5.14. The topological polar surface area (TPSA) is 90.7 Å². The molecular weight excluding hydrogens is 266 g/mol. The van der Waals surface area contributed by atoms with Gasteiger partial charge in [-0.15, -0.1) is 0 Å². The fourth-order valence-electron chi connectivity index (χ4n) is 1.55. The molecule has 0 spiro atoms. The number of nitrogens with two attached hydrogens (primary N) is 1. The van der Waals surface area contributed by atoms with E-state index in [-0.39, 0.29) is 11.7 Å². The summed E-state index contributed by atoms with van der Waals surface area (Å²) in [6.07, 6.45) is 3.01. The van der Waals surface area contributed by atoms with Gasteiger partial charge in [0, 0.05) is 23.0 Å². The Morgan fingerprint density at radius 3 is 2.53 bits per heavy atom. The normalized spacial score (nSPS) is 10.6. The van der Waals surface area contributed by atoms with E-state index < -0.39 is 0 Å². The monoisotopic (exact) mass is 273 g/mol. The molecule has 0 bridgehead atoms. The zero-order valence-electron chi connectivity index (χ0n) is 9.62. The van der Waals surface area contributed by atoms with Crippen LogP contribution in [0, 0.1) is 0 Å². The first kappa shape index (κ1) is 11.6. The lowest BCUT2D eigenvalue weighted by Gasteiger charge is -1.96. The number of hydrogen-bond acceptors (Lipinski definition) is 6. The van der Waals surface area contributed by atoms with Crippen LogP contribution in [-0.2, 0) is 0 Å². The first-order valence-corrected chi connectivity index (χ1v) is 5.78. The molecule has 0 saturated carbocycles. The predicted octanol–water partition coefficient (Wildman–Crippen LogP) is 2.43. The third kappa shape index (κ3) is 2.25. The maximum Gasteiger partial charge on any atom is 0.280 e. The van der Waals surface area contributed by atoms with Gasteiger partial charge in [0.15, 0.2) is 11.5 Å². The highest BCUT2D eigenvalue weighted by molar-refractivity contribution is 6.30. The molecule has 2 heterocycles. The summed E-state index contributed by atoms with van der Waals surface area (Å²) in [4.78, 5) is 12.2. The molecule has 0 aliphatic heterocycles. The Morgan fingerprint density at radius 2 is 1.79 bits per heavy atom. The smallest absolute Gasteiger partial charge is 0.280 e. The summed E-state index contributed by atoms with van der Waals surface area (Å²) >= 11 is 5.82. The van der Waals surface area contributed by atoms with E-state index >= 15 is 0 Å². The highest BCUT2D eigenvalue weighted by atomic mass is 35.5. The van der Waals surface area contributed by atoms with Crippen molar-refractivity contribution in [2.24, 2.45) is 0 Å². The number of aromatic nitrogens is 4. The second-order valence-corrected chi connectivity index (χ2v) is 4.16. The number of anilines is 1. The lowest BCUT2D eigenvalue weighted by atomic mass is 10.2. The molecule has 0 aliphatic carbocycles. The molecular formula is C12H8ClN5O. The van der Waals surface area contributed by atoms with Gasteiger partial charge in [-0.2, -0.15) is 4.98 Å². The second-order valence-electron chi connectivity index (χ2n) is 3.72. The number of rotatable bonds is 2. The highest BCUT2D eigenvalue weighted by Crippen LogP contribution is 2.24. The minimum Gasteiger partial charge on any atom is -0.382 e. The van der Waals surface area contributed by atoms with E-state index in [1.807, 2.05) is 0 Å². The Balaban J connectivity index is 2.00. The van der Waals surface area contributed by atoms with Gasteiger partial charge in [-0.25, -0.2) is 9.97 Å². The van der Waals surface area contributed by atoms with Gasteiger partial charge in [0.2, 0.25) is 5.82 Å². The van der Waals surface area contributed by atoms with E-state index in [2.05, 4.69) is 20.1 Å². The minimum absolute atomic E-state index is 0.232. The van der Waals surface area contributed by atoms with Crippen molar-refractivity contribution in [1.29, 1.82) is 0 Å². The van der Waals surface area contributed by atoms with Crippen LogP contribution in [0.4, 0.5) is 5.82 Å². The molecule has 0 saturated heterocycles. The summed E-state index contributed by atoms with van der Waals surface area (Å²) in [5.74, 6) is 0.918. The molecule has 0 fully saturated rings. The van der Waals surface area contributed by atoms with E-state index in [1.165, 1.54) is 12.4 Å². The molecule has 1 aromatic carbocycles. The SMILES string of the molecule is Nc1nccnc1-c1nc(-c2ccc(Cl)cc2)no1. The van der Waals surface area contributed by atoms with Gasteiger partial charge in [0.05, 0.1) is 0 Å². The molecule has 6 nitrogen and oxygen atoms in total. The van der Waals surface area contributed by atoms with Gasteiger partial charge in [0.1, 0.15) is 0 Å². The van der Waals surface area contributed by atoms with E-state index in [1.54, 1.807) is 24.3 Å². The Morgan fingerprint density at radius 1 is 1.05 bits per heavy atom. The molecule has 2 N–H and O–H groups in total. The zero-order chi connectivity index (χ0) is 13.2. The molecule has 19 heavy (non-hydrogen) atoms. The Bertz CT molecular complexity index is 710. The highest BCUT2D eigenvalue weighted by Gasteiger charge is 2.14. The first-order valence-electron chi connectivity index (χ1n) is 5.40. The van der Waals surface area contributed by atoms with Gasteiger partial charge < -0.3 is 10.3 Å². The predicted molar refractivity (Wildman–Crippen MR) is 70.2 cm³/mol. The molecule has 94 valence electrons.